The molecule has 10 heteroatoms. The Morgan fingerprint density at radius 3 is 2.35 bits per heavy atom. The van der Waals surface area contributed by atoms with Crippen LogP contribution < -0.4 is 9.62 Å². The Hall–Kier alpha value is -2.65. The van der Waals surface area contributed by atoms with Gasteiger partial charge >= 0.3 is 0 Å². The molecule has 2 aromatic rings. The van der Waals surface area contributed by atoms with E-state index < -0.39 is 34.3 Å². The molecule has 0 radical (unpaired) electrons. The van der Waals surface area contributed by atoms with Crippen LogP contribution in [0.3, 0.4) is 0 Å². The average molecular weight is 512 g/mol. The molecular weight excluding hydrogens is 481 g/mol. The lowest BCUT2D eigenvalue weighted by molar-refractivity contribution is -0.139. The van der Waals surface area contributed by atoms with E-state index in [1.54, 1.807) is 6.92 Å². The molecule has 0 saturated carbocycles. The number of carbonyl (C=O) groups excluding carboxylic acids is 2. The topological polar surface area (TPSA) is 86.8 Å². The first-order chi connectivity index (χ1) is 16.1. The lowest BCUT2D eigenvalue weighted by atomic mass is 10.1. The molecule has 0 fully saturated rings. The molecule has 0 aliphatic carbocycles. The number of anilines is 1. The van der Waals surface area contributed by atoms with Gasteiger partial charge in [-0.05, 0) is 43.0 Å². The first-order valence-corrected chi connectivity index (χ1v) is 13.3. The Labute approximate surface area is 205 Å². The van der Waals surface area contributed by atoms with Crippen molar-refractivity contribution in [1.82, 2.24) is 10.2 Å². The minimum atomic E-state index is -3.91. The van der Waals surface area contributed by atoms with Crippen LogP contribution >= 0.6 is 11.6 Å². The van der Waals surface area contributed by atoms with E-state index >= 15 is 0 Å². The molecule has 0 heterocycles. The number of amides is 2. The van der Waals surface area contributed by atoms with Gasteiger partial charge in [-0.3, -0.25) is 13.9 Å². The SMILES string of the molecule is CCCNC(=O)[C@@H](CC)N(CCc1ccccc1)C(=O)CN(c1ccc(F)c(Cl)c1)S(C)(=O)=O. The summed E-state index contributed by atoms with van der Waals surface area (Å²) >= 11 is 5.84. The number of benzene rings is 2. The summed E-state index contributed by atoms with van der Waals surface area (Å²) < 4.78 is 39.5. The van der Waals surface area contributed by atoms with Crippen molar-refractivity contribution in [2.75, 3.05) is 30.2 Å². The number of rotatable bonds is 12. The van der Waals surface area contributed by atoms with Crippen LogP contribution in [0.25, 0.3) is 0 Å². The largest absolute Gasteiger partial charge is 0.354 e. The van der Waals surface area contributed by atoms with E-state index in [9.17, 15) is 22.4 Å². The molecule has 0 aliphatic heterocycles. The van der Waals surface area contributed by atoms with Gasteiger partial charge in [0.15, 0.2) is 0 Å². The van der Waals surface area contributed by atoms with E-state index in [-0.39, 0.29) is 23.2 Å². The van der Waals surface area contributed by atoms with Crippen molar-refractivity contribution in [2.45, 2.75) is 39.2 Å². The molecule has 0 bridgehead atoms. The third-order valence-electron chi connectivity index (χ3n) is 5.29. The summed E-state index contributed by atoms with van der Waals surface area (Å²) in [6.07, 6.45) is 2.55. The number of nitrogens with zero attached hydrogens (tertiary/aromatic N) is 2. The zero-order valence-electron chi connectivity index (χ0n) is 19.6. The summed E-state index contributed by atoms with van der Waals surface area (Å²) in [4.78, 5) is 27.7. The summed E-state index contributed by atoms with van der Waals surface area (Å²) in [6.45, 7) is 3.87. The van der Waals surface area contributed by atoms with E-state index in [1.807, 2.05) is 37.3 Å². The number of hydrogen-bond acceptors (Lipinski definition) is 4. The third-order valence-corrected chi connectivity index (χ3v) is 6.72. The Bertz CT molecular complexity index is 1080. The zero-order chi connectivity index (χ0) is 25.3. The van der Waals surface area contributed by atoms with Crippen molar-refractivity contribution in [2.24, 2.45) is 0 Å². The van der Waals surface area contributed by atoms with Gasteiger partial charge in [0.25, 0.3) is 0 Å². The van der Waals surface area contributed by atoms with Crippen molar-refractivity contribution < 1.29 is 22.4 Å². The number of nitrogens with one attached hydrogen (secondary N) is 1. The van der Waals surface area contributed by atoms with Gasteiger partial charge in [-0.25, -0.2) is 12.8 Å². The van der Waals surface area contributed by atoms with Gasteiger partial charge in [-0.1, -0.05) is 55.8 Å². The van der Waals surface area contributed by atoms with Crippen molar-refractivity contribution in [3.8, 4) is 0 Å². The van der Waals surface area contributed by atoms with Crippen LogP contribution in [-0.4, -0.2) is 57.1 Å². The van der Waals surface area contributed by atoms with Crippen molar-refractivity contribution in [3.63, 3.8) is 0 Å². The van der Waals surface area contributed by atoms with Crippen LogP contribution in [-0.2, 0) is 26.0 Å². The second-order valence-electron chi connectivity index (χ2n) is 7.91. The first-order valence-electron chi connectivity index (χ1n) is 11.1. The highest BCUT2D eigenvalue weighted by Crippen LogP contribution is 2.25. The molecule has 0 spiro atoms. The van der Waals surface area contributed by atoms with Gasteiger partial charge in [0.05, 0.1) is 17.0 Å². The summed E-state index contributed by atoms with van der Waals surface area (Å²) in [6, 6.07) is 12.2. The minimum absolute atomic E-state index is 0.0637. The fourth-order valence-electron chi connectivity index (χ4n) is 3.52. The maximum Gasteiger partial charge on any atom is 0.244 e. The molecule has 2 amide bonds. The van der Waals surface area contributed by atoms with Crippen molar-refractivity contribution >= 4 is 39.1 Å². The average Bonchev–Trinajstić information content (AvgIpc) is 2.80. The van der Waals surface area contributed by atoms with E-state index in [1.165, 1.54) is 11.0 Å². The maximum atomic E-state index is 13.6. The molecule has 0 aromatic heterocycles. The molecule has 7 nitrogen and oxygen atoms in total. The molecule has 2 rings (SSSR count). The first kappa shape index (κ1) is 27.6. The lowest BCUT2D eigenvalue weighted by Crippen LogP contribution is -2.53. The fraction of sp³-hybridized carbons (Fsp3) is 0.417. The Morgan fingerprint density at radius 2 is 1.79 bits per heavy atom. The van der Waals surface area contributed by atoms with Gasteiger partial charge < -0.3 is 10.2 Å². The molecule has 0 unspecified atom stereocenters. The Balaban J connectivity index is 2.36. The van der Waals surface area contributed by atoms with E-state index in [0.717, 1.165) is 34.7 Å². The summed E-state index contributed by atoms with van der Waals surface area (Å²) in [7, 11) is -3.91. The van der Waals surface area contributed by atoms with E-state index in [2.05, 4.69) is 5.32 Å². The molecule has 1 N–H and O–H groups in total. The number of halogens is 2. The predicted molar refractivity (Wildman–Crippen MR) is 133 cm³/mol. The Kier molecular flexibility index (Phi) is 10.3. The quantitative estimate of drug-likeness (QED) is 0.471. The Morgan fingerprint density at radius 1 is 1.12 bits per heavy atom. The summed E-state index contributed by atoms with van der Waals surface area (Å²) in [5.41, 5.74) is 1.04. The van der Waals surface area contributed by atoms with Crippen LogP contribution in [0, 0.1) is 5.82 Å². The van der Waals surface area contributed by atoms with Crippen LogP contribution in [0.1, 0.15) is 32.3 Å². The predicted octanol–water partition coefficient (Wildman–Crippen LogP) is 3.62. The highest BCUT2D eigenvalue weighted by Gasteiger charge is 2.31. The van der Waals surface area contributed by atoms with Crippen molar-refractivity contribution in [3.05, 3.63) is 64.9 Å². The van der Waals surface area contributed by atoms with Gasteiger partial charge in [0, 0.05) is 13.1 Å². The van der Waals surface area contributed by atoms with Gasteiger partial charge in [0.1, 0.15) is 18.4 Å². The number of hydrogen-bond donors (Lipinski definition) is 1. The maximum absolute atomic E-state index is 13.6. The minimum Gasteiger partial charge on any atom is -0.354 e. The molecule has 34 heavy (non-hydrogen) atoms. The molecule has 1 atom stereocenters. The fourth-order valence-corrected chi connectivity index (χ4v) is 4.53. The van der Waals surface area contributed by atoms with E-state index in [4.69, 9.17) is 11.6 Å². The van der Waals surface area contributed by atoms with Gasteiger partial charge in [0.2, 0.25) is 21.8 Å². The van der Waals surface area contributed by atoms with Gasteiger partial charge in [-0.15, -0.1) is 0 Å². The van der Waals surface area contributed by atoms with Crippen molar-refractivity contribution in [1.29, 1.82) is 0 Å². The molecular formula is C24H31ClFN3O4S. The van der Waals surface area contributed by atoms with Crippen LogP contribution in [0.15, 0.2) is 48.5 Å². The molecule has 186 valence electrons. The van der Waals surface area contributed by atoms with Gasteiger partial charge in [-0.2, -0.15) is 0 Å². The smallest absolute Gasteiger partial charge is 0.244 e. The number of carbonyl (C=O) groups is 2. The molecule has 2 aromatic carbocycles. The molecule has 0 aliphatic rings. The molecule has 0 saturated heterocycles. The normalized spacial score (nSPS) is 12.1. The summed E-state index contributed by atoms with van der Waals surface area (Å²) in [5.74, 6) is -1.53. The lowest BCUT2D eigenvalue weighted by Gasteiger charge is -2.33. The monoisotopic (exact) mass is 511 g/mol. The van der Waals surface area contributed by atoms with E-state index in [0.29, 0.717) is 19.4 Å². The van der Waals surface area contributed by atoms with Crippen LogP contribution in [0.4, 0.5) is 10.1 Å². The third kappa shape index (κ3) is 7.70. The second kappa shape index (κ2) is 12.7. The van der Waals surface area contributed by atoms with Crippen LogP contribution in [0.5, 0.6) is 0 Å². The zero-order valence-corrected chi connectivity index (χ0v) is 21.2. The second-order valence-corrected chi connectivity index (χ2v) is 10.2. The summed E-state index contributed by atoms with van der Waals surface area (Å²) in [5, 5.41) is 2.56. The van der Waals surface area contributed by atoms with Crippen LogP contribution in [0.2, 0.25) is 5.02 Å². The standard InChI is InChI=1S/C24H31ClFN3O4S/c1-4-14-27-24(31)22(5-2)28(15-13-18-9-7-6-8-10-18)23(30)17-29(34(3,32)33)19-11-12-21(26)20(25)16-19/h6-12,16,22H,4-5,13-15,17H2,1-3H3,(H,27,31)/t22-/m1/s1. The highest BCUT2D eigenvalue weighted by atomic mass is 35.5. The number of sulfonamides is 1. The highest BCUT2D eigenvalue weighted by molar-refractivity contribution is 7.92.